The summed E-state index contributed by atoms with van der Waals surface area (Å²) in [6, 6.07) is 0. The first kappa shape index (κ1) is 21.5. The van der Waals surface area contributed by atoms with Crippen LogP contribution in [0.25, 0.3) is 0 Å². The minimum absolute atomic E-state index is 0. The SMILES string of the molecule is CC(=O)OC[C@H](C[C]1[CH][CH][CH][CH]1)OC(C)=O.[CH]1[CH][CH][CH][CH]1.[Fe+2]. The van der Waals surface area contributed by atoms with E-state index in [1.165, 1.54) is 13.8 Å². The number of hydrogen-bond acceptors (Lipinski definition) is 4. The first-order valence-electron chi connectivity index (χ1n) is 6.75. The molecule has 2 fully saturated rings. The van der Waals surface area contributed by atoms with Gasteiger partial charge in [0.25, 0.3) is 0 Å². The van der Waals surface area contributed by atoms with Gasteiger partial charge in [0.1, 0.15) is 12.7 Å². The molecule has 0 spiro atoms. The molecule has 118 valence electrons. The van der Waals surface area contributed by atoms with Crippen LogP contribution in [0.2, 0.25) is 0 Å². The monoisotopic (exact) mass is 344 g/mol. The van der Waals surface area contributed by atoms with Crippen LogP contribution < -0.4 is 0 Å². The Morgan fingerprint density at radius 3 is 1.82 bits per heavy atom. The van der Waals surface area contributed by atoms with Gasteiger partial charge < -0.3 is 9.47 Å². The summed E-state index contributed by atoms with van der Waals surface area (Å²) in [5, 5.41) is 0. The number of ether oxygens (including phenoxy) is 2. The Morgan fingerprint density at radius 2 is 1.41 bits per heavy atom. The number of carbonyl (C=O) groups excluding carboxylic acids is 2. The second-order valence-corrected chi connectivity index (χ2v) is 4.49. The van der Waals surface area contributed by atoms with Gasteiger partial charge in [0.2, 0.25) is 0 Å². The van der Waals surface area contributed by atoms with Crippen molar-refractivity contribution in [3.63, 3.8) is 0 Å². The summed E-state index contributed by atoms with van der Waals surface area (Å²) in [4.78, 5) is 21.5. The van der Waals surface area contributed by atoms with Crippen molar-refractivity contribution < 1.29 is 36.1 Å². The summed E-state index contributed by atoms with van der Waals surface area (Å²) in [7, 11) is 0. The average Bonchev–Trinajstić information content (AvgIpc) is 3.11. The van der Waals surface area contributed by atoms with Gasteiger partial charge in [0.15, 0.2) is 0 Å². The first-order chi connectivity index (χ1) is 10.1. The fourth-order valence-corrected chi connectivity index (χ4v) is 1.71. The molecule has 2 aliphatic carbocycles. The van der Waals surface area contributed by atoms with Gasteiger partial charge in [-0.2, -0.15) is 0 Å². The molecule has 0 unspecified atom stereocenters. The van der Waals surface area contributed by atoms with Crippen molar-refractivity contribution >= 4 is 11.9 Å². The molecule has 1 atom stereocenters. The molecule has 0 amide bonds. The molecule has 0 N–H and O–H groups in total. The molecule has 2 aliphatic rings. The van der Waals surface area contributed by atoms with Gasteiger partial charge in [-0.05, 0) is 70.1 Å². The molecular weight excluding hydrogens is 324 g/mol. The van der Waals surface area contributed by atoms with E-state index in [0.29, 0.717) is 6.42 Å². The van der Waals surface area contributed by atoms with Gasteiger partial charge in [-0.15, -0.1) is 0 Å². The molecule has 0 aromatic carbocycles. The zero-order chi connectivity index (χ0) is 15.5. The molecule has 0 aliphatic heterocycles. The van der Waals surface area contributed by atoms with E-state index in [9.17, 15) is 9.59 Å². The molecule has 0 aromatic rings. The standard InChI is InChI=1S/C12H15O4.C5H5.Fe/c1-9(13)15-8-12(16-10(2)14)7-11-5-3-4-6-11;1-2-4-5-3-1;/h3-6,12H,7-8H2,1-2H3;1-5H;/q;;+2/t12-;;/m0../s1. The number of hydrogen-bond donors (Lipinski definition) is 0. The van der Waals surface area contributed by atoms with Crippen molar-refractivity contribution in [3.8, 4) is 0 Å². The van der Waals surface area contributed by atoms with E-state index in [-0.39, 0.29) is 35.6 Å². The van der Waals surface area contributed by atoms with E-state index in [1.807, 2.05) is 57.8 Å². The summed E-state index contributed by atoms with van der Waals surface area (Å²) in [6.45, 7) is 2.76. The van der Waals surface area contributed by atoms with Crippen LogP contribution in [0.1, 0.15) is 20.3 Å². The van der Waals surface area contributed by atoms with Crippen molar-refractivity contribution in [2.24, 2.45) is 0 Å². The molecule has 4 nitrogen and oxygen atoms in total. The molecule has 2 rings (SSSR count). The van der Waals surface area contributed by atoms with Crippen molar-refractivity contribution in [1.29, 1.82) is 0 Å². The smallest absolute Gasteiger partial charge is 0.462 e. The van der Waals surface area contributed by atoms with Gasteiger partial charge in [0, 0.05) is 13.8 Å². The van der Waals surface area contributed by atoms with Gasteiger partial charge in [-0.25, -0.2) is 0 Å². The van der Waals surface area contributed by atoms with Crippen molar-refractivity contribution in [1.82, 2.24) is 0 Å². The Hall–Kier alpha value is -0.541. The maximum atomic E-state index is 10.9. The van der Waals surface area contributed by atoms with Crippen LogP contribution >= 0.6 is 0 Å². The molecule has 0 heterocycles. The molecule has 10 radical (unpaired) electrons. The average molecular weight is 344 g/mol. The predicted octanol–water partition coefficient (Wildman–Crippen LogP) is 2.30. The molecule has 0 aromatic heterocycles. The minimum atomic E-state index is -0.413. The second-order valence-electron chi connectivity index (χ2n) is 4.49. The summed E-state index contributed by atoms with van der Waals surface area (Å²) in [5.41, 5.74) is 0. The Bertz CT molecular complexity index is 302. The summed E-state index contributed by atoms with van der Waals surface area (Å²) in [6.07, 6.45) is 17.8. The summed E-state index contributed by atoms with van der Waals surface area (Å²) < 4.78 is 9.90. The van der Waals surface area contributed by atoms with Crippen LogP contribution in [-0.4, -0.2) is 24.6 Å². The zero-order valence-corrected chi connectivity index (χ0v) is 13.8. The number of carbonyl (C=O) groups is 2. The van der Waals surface area contributed by atoms with Crippen molar-refractivity contribution in [2.45, 2.75) is 26.4 Å². The van der Waals surface area contributed by atoms with Crippen molar-refractivity contribution in [3.05, 3.63) is 63.7 Å². The van der Waals surface area contributed by atoms with E-state index in [2.05, 4.69) is 0 Å². The Kier molecular flexibility index (Phi) is 12.6. The van der Waals surface area contributed by atoms with Gasteiger partial charge >= 0.3 is 29.0 Å². The summed E-state index contributed by atoms with van der Waals surface area (Å²) >= 11 is 0. The third-order valence-electron chi connectivity index (χ3n) is 2.56. The van der Waals surface area contributed by atoms with E-state index in [1.54, 1.807) is 0 Å². The normalized spacial score (nSPS) is 18.6. The Labute approximate surface area is 145 Å². The van der Waals surface area contributed by atoms with Gasteiger partial charge in [-0.1, -0.05) is 0 Å². The van der Waals surface area contributed by atoms with Crippen LogP contribution in [0, 0.1) is 63.7 Å². The van der Waals surface area contributed by atoms with Crippen LogP contribution in [0.5, 0.6) is 0 Å². The van der Waals surface area contributed by atoms with Crippen LogP contribution in [-0.2, 0) is 36.1 Å². The molecule has 0 saturated heterocycles. The molecule has 2 saturated carbocycles. The third-order valence-corrected chi connectivity index (χ3v) is 2.56. The maximum Gasteiger partial charge on any atom is 2.00 e. The third kappa shape index (κ3) is 11.1. The summed E-state index contributed by atoms with van der Waals surface area (Å²) in [5.74, 6) is 0.307. The topological polar surface area (TPSA) is 52.6 Å². The second kappa shape index (κ2) is 12.9. The van der Waals surface area contributed by atoms with Crippen molar-refractivity contribution in [2.75, 3.05) is 6.61 Å². The van der Waals surface area contributed by atoms with E-state index in [0.717, 1.165) is 5.92 Å². The van der Waals surface area contributed by atoms with E-state index in [4.69, 9.17) is 9.47 Å². The largest absolute Gasteiger partial charge is 2.00 e. The molecular formula is C17H20FeO4+2. The minimum Gasteiger partial charge on any atom is -0.462 e. The molecule has 22 heavy (non-hydrogen) atoms. The Balaban J connectivity index is 0.000000622. The zero-order valence-electron chi connectivity index (χ0n) is 12.7. The van der Waals surface area contributed by atoms with Crippen LogP contribution in [0.4, 0.5) is 0 Å². The fourth-order valence-electron chi connectivity index (χ4n) is 1.71. The quantitative estimate of drug-likeness (QED) is 0.567. The molecule has 0 bridgehead atoms. The predicted molar refractivity (Wildman–Crippen MR) is 78.7 cm³/mol. The van der Waals surface area contributed by atoms with Crippen LogP contribution in [0.3, 0.4) is 0 Å². The first-order valence-corrected chi connectivity index (χ1v) is 6.75. The van der Waals surface area contributed by atoms with E-state index >= 15 is 0 Å². The van der Waals surface area contributed by atoms with Crippen LogP contribution in [0.15, 0.2) is 0 Å². The van der Waals surface area contributed by atoms with Gasteiger partial charge in [0.05, 0.1) is 0 Å². The number of esters is 2. The maximum absolute atomic E-state index is 10.9. The fraction of sp³-hybridized carbons (Fsp3) is 0.294. The molecule has 5 heteroatoms. The van der Waals surface area contributed by atoms with E-state index < -0.39 is 6.10 Å². The van der Waals surface area contributed by atoms with Gasteiger partial charge in [-0.3, -0.25) is 9.59 Å². The number of rotatable bonds is 5. The Morgan fingerprint density at radius 1 is 0.909 bits per heavy atom.